The highest BCUT2D eigenvalue weighted by molar-refractivity contribution is 6.57. The lowest BCUT2D eigenvalue weighted by atomic mass is 9.97. The van der Waals surface area contributed by atoms with Crippen molar-refractivity contribution in [1.29, 1.82) is 0 Å². The molecular formula is C42H12O9. The summed E-state index contributed by atoms with van der Waals surface area (Å²) in [7, 11) is 0. The summed E-state index contributed by atoms with van der Waals surface area (Å²) in [5, 5.41) is 15.7. The van der Waals surface area contributed by atoms with Gasteiger partial charge in [0.1, 0.15) is 0 Å². The minimum atomic E-state index is -0.714. The smallest absolute Gasteiger partial charge is 0.346 e. The fourth-order valence-corrected chi connectivity index (χ4v) is 9.71. The summed E-state index contributed by atoms with van der Waals surface area (Å²) in [6.45, 7) is 0. The lowest BCUT2D eigenvalue weighted by molar-refractivity contribution is 0.488. The molecule has 0 spiro atoms. The standard InChI is InChI=1S/C42H12O9/c43-37-19-7-1-13-25-14(2-8-20(28(19)25)38(44)49-37)32-31(13)33-15-3-9-21-29-22(40(46)50-39(21)45)10-4-16(26(15)29)35(33)36-18-6-12-24-30-23(41(47)51-42(24)48)11-5-17(27(18)30)34(32)36/h1-12H. The third-order valence-corrected chi connectivity index (χ3v) is 11.5. The molecule has 0 saturated heterocycles. The van der Waals surface area contributed by atoms with Crippen molar-refractivity contribution in [3.63, 3.8) is 0 Å². The van der Waals surface area contributed by atoms with Crippen molar-refractivity contribution in [2.45, 2.75) is 0 Å². The van der Waals surface area contributed by atoms with Gasteiger partial charge >= 0.3 is 33.8 Å². The van der Waals surface area contributed by atoms with E-state index in [4.69, 9.17) is 13.3 Å². The molecule has 9 nitrogen and oxygen atoms in total. The molecule has 0 amide bonds. The van der Waals surface area contributed by atoms with E-state index >= 15 is 0 Å². The SMILES string of the molecule is O=c1oc(=O)c2ccc3c4c(ccc1c24)c1c2c4ccc5c(=O)oc(=O)c6ccc(c4c56)c2c2c4ccc5c(=O)oc(=O)c6ccc(c4c65)c2c31. The third-order valence-electron chi connectivity index (χ3n) is 11.5. The lowest BCUT2D eigenvalue weighted by Crippen LogP contribution is -2.11. The van der Waals surface area contributed by atoms with Gasteiger partial charge in [-0.3, -0.25) is 0 Å². The second kappa shape index (κ2) is 7.79. The first-order chi connectivity index (χ1) is 24.8. The van der Waals surface area contributed by atoms with E-state index in [9.17, 15) is 28.8 Å². The molecule has 0 unspecified atom stereocenters. The van der Waals surface area contributed by atoms with E-state index in [0.29, 0.717) is 48.5 Å². The maximum absolute atomic E-state index is 13.1. The summed E-state index contributed by atoms with van der Waals surface area (Å²) in [5.41, 5.74) is -4.28. The molecule has 0 aliphatic carbocycles. The minimum absolute atomic E-state index is 0.295. The molecule has 0 fully saturated rings. The van der Waals surface area contributed by atoms with Crippen LogP contribution in [-0.4, -0.2) is 0 Å². The minimum Gasteiger partial charge on any atom is -0.386 e. The molecule has 0 atom stereocenters. The molecule has 3 heterocycles. The van der Waals surface area contributed by atoms with Gasteiger partial charge in [0.05, 0.1) is 32.3 Å². The van der Waals surface area contributed by atoms with Crippen LogP contribution in [0.4, 0.5) is 0 Å². The Bertz CT molecular complexity index is 3460. The molecule has 0 aliphatic heterocycles. The second-order valence-electron chi connectivity index (χ2n) is 13.5. The van der Waals surface area contributed by atoms with Crippen LogP contribution in [0.3, 0.4) is 0 Å². The van der Waals surface area contributed by atoms with Gasteiger partial charge < -0.3 is 13.3 Å². The van der Waals surface area contributed by atoms with Crippen molar-refractivity contribution >= 4 is 129 Å². The zero-order valence-electron chi connectivity index (χ0n) is 25.6. The van der Waals surface area contributed by atoms with Crippen LogP contribution in [0.25, 0.3) is 129 Å². The number of fused-ring (bicyclic) bond motifs is 12. The van der Waals surface area contributed by atoms with Gasteiger partial charge in [0.15, 0.2) is 0 Å². The van der Waals surface area contributed by atoms with Crippen LogP contribution < -0.4 is 33.8 Å². The zero-order chi connectivity index (χ0) is 33.9. The van der Waals surface area contributed by atoms with Gasteiger partial charge in [0.25, 0.3) is 0 Å². The highest BCUT2D eigenvalue weighted by Gasteiger charge is 2.30. The van der Waals surface area contributed by atoms with Gasteiger partial charge in [-0.15, -0.1) is 0 Å². The fourth-order valence-electron chi connectivity index (χ4n) is 9.71. The molecule has 10 aromatic carbocycles. The van der Waals surface area contributed by atoms with E-state index < -0.39 is 33.8 Å². The van der Waals surface area contributed by atoms with Crippen LogP contribution in [0.15, 0.2) is 115 Å². The first-order valence-corrected chi connectivity index (χ1v) is 16.2. The molecule has 9 heteroatoms. The van der Waals surface area contributed by atoms with E-state index in [1.54, 1.807) is 36.4 Å². The Hall–Kier alpha value is -7.26. The topological polar surface area (TPSA) is 142 Å². The predicted molar refractivity (Wildman–Crippen MR) is 198 cm³/mol. The fraction of sp³-hybridized carbons (Fsp3) is 0. The van der Waals surface area contributed by atoms with Crippen LogP contribution in [0.2, 0.25) is 0 Å². The van der Waals surface area contributed by atoms with E-state index in [0.717, 1.165) is 80.8 Å². The summed E-state index contributed by atoms with van der Waals surface area (Å²) in [4.78, 5) is 78.3. The van der Waals surface area contributed by atoms with Gasteiger partial charge in [0.2, 0.25) is 0 Å². The van der Waals surface area contributed by atoms with Crippen LogP contribution in [0.1, 0.15) is 0 Å². The van der Waals surface area contributed by atoms with E-state index in [2.05, 4.69) is 0 Å². The molecule has 234 valence electrons. The molecule has 3 aromatic heterocycles. The van der Waals surface area contributed by atoms with Crippen molar-refractivity contribution in [1.82, 2.24) is 0 Å². The zero-order valence-corrected chi connectivity index (χ0v) is 25.6. The lowest BCUT2D eigenvalue weighted by Gasteiger charge is -2.04. The molecule has 0 aliphatic rings. The van der Waals surface area contributed by atoms with Crippen LogP contribution >= 0.6 is 0 Å². The van der Waals surface area contributed by atoms with Crippen molar-refractivity contribution in [2.75, 3.05) is 0 Å². The van der Waals surface area contributed by atoms with E-state index in [1.165, 1.54) is 0 Å². The Morgan fingerprint density at radius 3 is 0.510 bits per heavy atom. The quantitative estimate of drug-likeness (QED) is 0.167. The Morgan fingerprint density at radius 1 is 0.196 bits per heavy atom. The van der Waals surface area contributed by atoms with Crippen molar-refractivity contribution in [3.05, 3.63) is 135 Å². The highest BCUT2D eigenvalue weighted by Crippen LogP contribution is 2.56. The monoisotopic (exact) mass is 660 g/mol. The number of hydrogen-bond acceptors (Lipinski definition) is 9. The second-order valence-corrected chi connectivity index (χ2v) is 13.5. The Labute approximate surface area is 277 Å². The average Bonchev–Trinajstić information content (AvgIpc) is 3.76. The number of rotatable bonds is 0. The molecule has 0 bridgehead atoms. The highest BCUT2D eigenvalue weighted by atomic mass is 16.4. The Balaban J connectivity index is 1.48. The summed E-state index contributed by atoms with van der Waals surface area (Å²) >= 11 is 0. The molecule has 51 heavy (non-hydrogen) atoms. The number of hydrogen-bond donors (Lipinski definition) is 0. The molecule has 13 rings (SSSR count). The van der Waals surface area contributed by atoms with E-state index in [-0.39, 0.29) is 0 Å². The molecule has 13 aromatic rings. The van der Waals surface area contributed by atoms with Gasteiger partial charge in [-0.2, -0.15) is 0 Å². The largest absolute Gasteiger partial charge is 0.386 e. The molecule has 0 N–H and O–H groups in total. The van der Waals surface area contributed by atoms with Crippen LogP contribution in [-0.2, 0) is 0 Å². The van der Waals surface area contributed by atoms with E-state index in [1.807, 2.05) is 36.4 Å². The maximum Gasteiger partial charge on any atom is 0.346 e. The first-order valence-electron chi connectivity index (χ1n) is 16.2. The first kappa shape index (κ1) is 25.7. The summed E-state index contributed by atoms with van der Waals surface area (Å²) < 4.78 is 15.3. The van der Waals surface area contributed by atoms with Gasteiger partial charge in [-0.25, -0.2) is 28.8 Å². The summed E-state index contributed by atoms with van der Waals surface area (Å²) in [6, 6.07) is 21.5. The summed E-state index contributed by atoms with van der Waals surface area (Å²) in [6.07, 6.45) is 0. The van der Waals surface area contributed by atoms with Gasteiger partial charge in [-0.1, -0.05) is 36.4 Å². The molecule has 0 saturated carbocycles. The number of benzene rings is 7. The third kappa shape index (κ3) is 2.55. The molecular weight excluding hydrogens is 648 g/mol. The van der Waals surface area contributed by atoms with Crippen molar-refractivity contribution in [2.24, 2.45) is 0 Å². The van der Waals surface area contributed by atoms with Gasteiger partial charge in [0, 0.05) is 16.2 Å². The van der Waals surface area contributed by atoms with Gasteiger partial charge in [-0.05, 0) is 117 Å². The predicted octanol–water partition coefficient (Wildman–Crippen LogP) is 7.09. The normalized spacial score (nSPS) is 13.2. The van der Waals surface area contributed by atoms with Crippen LogP contribution in [0, 0.1) is 0 Å². The van der Waals surface area contributed by atoms with Crippen LogP contribution in [0.5, 0.6) is 0 Å². The maximum atomic E-state index is 13.1. The molecule has 0 radical (unpaired) electrons. The Kier molecular flexibility index (Phi) is 3.93. The van der Waals surface area contributed by atoms with Crippen molar-refractivity contribution < 1.29 is 13.3 Å². The van der Waals surface area contributed by atoms with Crippen molar-refractivity contribution in [3.8, 4) is 0 Å². The summed E-state index contributed by atoms with van der Waals surface area (Å²) in [5.74, 6) is 0. The average molecular weight is 661 g/mol. The Morgan fingerprint density at radius 2 is 0.333 bits per heavy atom.